The zero-order valence-corrected chi connectivity index (χ0v) is 15.6. The highest BCUT2D eigenvalue weighted by atomic mass is 79.9. The fourth-order valence-corrected chi connectivity index (χ4v) is 2.85. The van der Waals surface area contributed by atoms with Crippen molar-refractivity contribution in [2.24, 2.45) is 0 Å². The van der Waals surface area contributed by atoms with Crippen molar-refractivity contribution in [2.45, 2.75) is 0 Å². The van der Waals surface area contributed by atoms with Crippen molar-refractivity contribution in [3.8, 4) is 22.8 Å². The Morgan fingerprint density at radius 1 is 0.926 bits per heavy atom. The van der Waals surface area contributed by atoms with E-state index in [4.69, 9.17) is 4.74 Å². The molecule has 132 valence electrons. The number of ether oxygens (including phenoxy) is 1. The fraction of sp³-hybridized carbons (Fsp3) is 0. The molecule has 0 aliphatic heterocycles. The van der Waals surface area contributed by atoms with Crippen molar-refractivity contribution in [3.63, 3.8) is 0 Å². The van der Waals surface area contributed by atoms with Gasteiger partial charge in [0.25, 0.3) is 5.82 Å². The first-order valence-electron chi connectivity index (χ1n) is 8.13. The number of benzene rings is 2. The molecule has 2 aromatic heterocycles. The van der Waals surface area contributed by atoms with Gasteiger partial charge in [0, 0.05) is 11.8 Å². The summed E-state index contributed by atoms with van der Waals surface area (Å²) in [4.78, 5) is 21.0. The van der Waals surface area contributed by atoms with Crippen molar-refractivity contribution in [2.75, 3.05) is 0 Å². The number of rotatable bonds is 4. The maximum Gasteiger partial charge on any atom is 0.383 e. The Hall–Kier alpha value is -3.32. The molecule has 0 saturated heterocycles. The van der Waals surface area contributed by atoms with E-state index in [2.05, 4.69) is 31.0 Å². The lowest BCUT2D eigenvalue weighted by molar-refractivity contribution is 0.0720. The molecule has 2 aromatic carbocycles. The monoisotopic (exact) mass is 420 g/mol. The number of esters is 1. The Labute approximate surface area is 163 Å². The van der Waals surface area contributed by atoms with E-state index in [1.165, 1.54) is 0 Å². The molecule has 0 unspecified atom stereocenters. The summed E-state index contributed by atoms with van der Waals surface area (Å²) >= 11 is 3.26. The molecule has 7 heteroatoms. The minimum Gasteiger partial charge on any atom is -0.418 e. The second-order valence-electron chi connectivity index (χ2n) is 5.55. The predicted molar refractivity (Wildman–Crippen MR) is 104 cm³/mol. The average molecular weight is 421 g/mol. The maximum atomic E-state index is 12.6. The highest BCUT2D eigenvalue weighted by Gasteiger charge is 2.21. The molecule has 0 atom stereocenters. The van der Waals surface area contributed by atoms with Gasteiger partial charge in [-0.1, -0.05) is 48.5 Å². The summed E-state index contributed by atoms with van der Waals surface area (Å²) in [5.74, 6) is 0.169. The zero-order chi connectivity index (χ0) is 18.6. The summed E-state index contributed by atoms with van der Waals surface area (Å²) in [6.45, 7) is 0. The number of pyridine rings is 1. The van der Waals surface area contributed by atoms with E-state index < -0.39 is 5.97 Å². The lowest BCUT2D eigenvalue weighted by Crippen LogP contribution is -2.11. The third kappa shape index (κ3) is 3.63. The van der Waals surface area contributed by atoms with Gasteiger partial charge in [0.15, 0.2) is 11.6 Å². The molecule has 0 spiro atoms. The minimum atomic E-state index is -0.657. The van der Waals surface area contributed by atoms with Crippen LogP contribution < -0.4 is 4.74 Å². The Bertz CT molecular complexity index is 1020. The van der Waals surface area contributed by atoms with Gasteiger partial charge in [-0.05, 0) is 40.2 Å². The summed E-state index contributed by atoms with van der Waals surface area (Å²) in [5, 5.41) is 4.38. The van der Waals surface area contributed by atoms with Crippen LogP contribution in [0.1, 0.15) is 10.6 Å². The molecule has 0 N–H and O–H groups in total. The van der Waals surface area contributed by atoms with Crippen molar-refractivity contribution in [1.29, 1.82) is 0 Å². The number of para-hydroxylation sites is 1. The largest absolute Gasteiger partial charge is 0.418 e. The van der Waals surface area contributed by atoms with Crippen LogP contribution in [0.5, 0.6) is 5.75 Å². The van der Waals surface area contributed by atoms with E-state index in [-0.39, 0.29) is 5.82 Å². The summed E-state index contributed by atoms with van der Waals surface area (Å²) in [6, 6.07) is 22.4. The molecular weight excluding hydrogens is 408 g/mol. The first-order valence-corrected chi connectivity index (χ1v) is 8.92. The summed E-state index contributed by atoms with van der Waals surface area (Å²) < 4.78 is 7.45. The van der Waals surface area contributed by atoms with E-state index in [1.54, 1.807) is 23.0 Å². The molecule has 0 aliphatic rings. The number of carbonyl (C=O) groups is 1. The predicted octanol–water partition coefficient (Wildman–Crippen LogP) is 4.31. The molecule has 0 saturated carbocycles. The molecule has 0 fully saturated rings. The molecule has 4 rings (SSSR count). The molecule has 2 heterocycles. The van der Waals surface area contributed by atoms with E-state index in [0.29, 0.717) is 16.2 Å². The molecule has 0 bridgehead atoms. The second kappa shape index (κ2) is 7.51. The van der Waals surface area contributed by atoms with Gasteiger partial charge in [0.05, 0.1) is 5.69 Å². The van der Waals surface area contributed by atoms with Crippen molar-refractivity contribution in [3.05, 3.63) is 89.4 Å². The zero-order valence-electron chi connectivity index (χ0n) is 14.0. The van der Waals surface area contributed by atoms with Gasteiger partial charge in [-0.15, -0.1) is 5.10 Å². The van der Waals surface area contributed by atoms with E-state index in [0.717, 1.165) is 11.3 Å². The molecule has 0 aliphatic carbocycles. The Kier molecular flexibility index (Phi) is 4.76. The maximum absolute atomic E-state index is 12.6. The standard InChI is InChI=1S/C20H13BrN4O2/c21-17-16(12-7-13-22-17)27-20(26)18-23-19(14-8-3-1-4-9-14)25(24-18)15-10-5-2-6-11-15/h1-13H. The van der Waals surface area contributed by atoms with Crippen LogP contribution in [0.3, 0.4) is 0 Å². The Morgan fingerprint density at radius 3 is 2.33 bits per heavy atom. The Morgan fingerprint density at radius 2 is 1.63 bits per heavy atom. The van der Waals surface area contributed by atoms with Gasteiger partial charge in [-0.3, -0.25) is 0 Å². The van der Waals surface area contributed by atoms with Gasteiger partial charge in [0.1, 0.15) is 4.60 Å². The SMILES string of the molecule is O=C(Oc1cccnc1Br)c1nc(-c2ccccc2)n(-c2ccccc2)n1. The number of hydrogen-bond acceptors (Lipinski definition) is 5. The molecule has 0 radical (unpaired) electrons. The van der Waals surface area contributed by atoms with E-state index >= 15 is 0 Å². The van der Waals surface area contributed by atoms with Crippen LogP contribution >= 0.6 is 15.9 Å². The quantitative estimate of drug-likeness (QED) is 0.363. The molecule has 27 heavy (non-hydrogen) atoms. The normalized spacial score (nSPS) is 10.6. The first-order chi connectivity index (χ1) is 13.2. The van der Waals surface area contributed by atoms with Crippen LogP contribution in [0, 0.1) is 0 Å². The van der Waals surface area contributed by atoms with Crippen LogP contribution in [-0.2, 0) is 0 Å². The molecule has 0 amide bonds. The van der Waals surface area contributed by atoms with Crippen LogP contribution in [0.4, 0.5) is 0 Å². The van der Waals surface area contributed by atoms with Gasteiger partial charge in [-0.25, -0.2) is 19.4 Å². The van der Waals surface area contributed by atoms with Gasteiger partial charge in [0.2, 0.25) is 0 Å². The van der Waals surface area contributed by atoms with Crippen molar-refractivity contribution < 1.29 is 9.53 Å². The summed E-state index contributed by atoms with van der Waals surface area (Å²) in [7, 11) is 0. The lowest BCUT2D eigenvalue weighted by atomic mass is 10.2. The van der Waals surface area contributed by atoms with Crippen LogP contribution in [-0.4, -0.2) is 25.7 Å². The summed E-state index contributed by atoms with van der Waals surface area (Å²) in [5.41, 5.74) is 1.64. The number of aromatic nitrogens is 4. The number of carbonyl (C=O) groups excluding carboxylic acids is 1. The van der Waals surface area contributed by atoms with Gasteiger partial charge < -0.3 is 4.74 Å². The van der Waals surface area contributed by atoms with E-state index in [1.807, 2.05) is 60.7 Å². The number of nitrogens with zero attached hydrogens (tertiary/aromatic N) is 4. The van der Waals surface area contributed by atoms with E-state index in [9.17, 15) is 4.79 Å². The second-order valence-corrected chi connectivity index (χ2v) is 6.31. The van der Waals surface area contributed by atoms with Crippen LogP contribution in [0.2, 0.25) is 0 Å². The van der Waals surface area contributed by atoms with Crippen LogP contribution in [0.25, 0.3) is 17.1 Å². The fourth-order valence-electron chi connectivity index (χ4n) is 2.51. The van der Waals surface area contributed by atoms with Gasteiger partial charge >= 0.3 is 5.97 Å². The third-order valence-corrected chi connectivity index (χ3v) is 4.35. The average Bonchev–Trinajstić information content (AvgIpc) is 3.17. The number of halogens is 1. The highest BCUT2D eigenvalue weighted by molar-refractivity contribution is 9.10. The minimum absolute atomic E-state index is 0.0338. The number of hydrogen-bond donors (Lipinski definition) is 0. The third-order valence-electron chi connectivity index (χ3n) is 3.75. The molecular formula is C20H13BrN4O2. The lowest BCUT2D eigenvalue weighted by Gasteiger charge is -2.05. The highest BCUT2D eigenvalue weighted by Crippen LogP contribution is 2.24. The summed E-state index contributed by atoms with van der Waals surface area (Å²) in [6.07, 6.45) is 1.59. The van der Waals surface area contributed by atoms with Gasteiger partial charge in [-0.2, -0.15) is 0 Å². The Balaban J connectivity index is 1.75. The topological polar surface area (TPSA) is 69.9 Å². The van der Waals surface area contributed by atoms with Crippen molar-refractivity contribution in [1.82, 2.24) is 19.7 Å². The smallest absolute Gasteiger partial charge is 0.383 e. The molecule has 6 nitrogen and oxygen atoms in total. The van der Waals surface area contributed by atoms with Crippen LogP contribution in [0.15, 0.2) is 83.6 Å². The first kappa shape index (κ1) is 17.1. The van der Waals surface area contributed by atoms with Crippen molar-refractivity contribution >= 4 is 21.9 Å². The molecule has 4 aromatic rings.